The van der Waals surface area contributed by atoms with Gasteiger partial charge in [0.05, 0.1) is 0 Å². The van der Waals surface area contributed by atoms with Crippen LogP contribution in [0.15, 0.2) is 12.1 Å². The van der Waals surface area contributed by atoms with Crippen molar-refractivity contribution < 1.29 is 5.11 Å². The molecule has 1 aliphatic rings. The normalized spacial score (nSPS) is 25.1. The molecule has 2 rings (SSSR count). The van der Waals surface area contributed by atoms with Gasteiger partial charge in [0.15, 0.2) is 0 Å². The van der Waals surface area contributed by atoms with Crippen LogP contribution in [-0.2, 0) is 12.0 Å². The molecule has 1 aromatic carbocycles. The summed E-state index contributed by atoms with van der Waals surface area (Å²) in [6.07, 6.45) is 2.90. The Morgan fingerprint density at radius 2 is 2.13 bits per heavy atom. The molecule has 0 amide bonds. The molecule has 82 valence electrons. The van der Waals surface area contributed by atoms with E-state index in [0.717, 1.165) is 24.8 Å². The first kappa shape index (κ1) is 10.7. The maximum atomic E-state index is 10.5. The van der Waals surface area contributed by atoms with E-state index in [0.29, 0.717) is 6.54 Å². The van der Waals surface area contributed by atoms with Crippen molar-refractivity contribution in [1.29, 1.82) is 0 Å². The number of benzene rings is 1. The second-order valence-corrected chi connectivity index (χ2v) is 4.70. The van der Waals surface area contributed by atoms with Crippen molar-refractivity contribution in [2.75, 3.05) is 6.54 Å². The molecular formula is C13H19NO. The molecule has 2 heteroatoms. The Kier molecular flexibility index (Phi) is 2.57. The zero-order valence-corrected chi connectivity index (χ0v) is 9.51. The molecule has 0 fully saturated rings. The molecule has 0 spiro atoms. The van der Waals surface area contributed by atoms with Gasteiger partial charge >= 0.3 is 0 Å². The van der Waals surface area contributed by atoms with Crippen LogP contribution >= 0.6 is 0 Å². The molecule has 1 aromatic rings. The predicted octanol–water partition coefficient (Wildman–Crippen LogP) is 1.79. The number of rotatable bonds is 1. The van der Waals surface area contributed by atoms with Crippen LogP contribution in [0.1, 0.15) is 35.1 Å². The second kappa shape index (κ2) is 3.62. The zero-order valence-electron chi connectivity index (χ0n) is 9.51. The summed E-state index contributed by atoms with van der Waals surface area (Å²) in [5.74, 6) is 0. The number of aliphatic hydroxyl groups is 1. The average Bonchev–Trinajstić information content (AvgIpc) is 2.20. The summed E-state index contributed by atoms with van der Waals surface area (Å²) >= 11 is 0. The molecule has 0 saturated heterocycles. The molecule has 0 aliphatic heterocycles. The third-order valence-electron chi connectivity index (χ3n) is 3.47. The molecule has 1 unspecified atom stereocenters. The van der Waals surface area contributed by atoms with Crippen molar-refractivity contribution >= 4 is 0 Å². The Labute approximate surface area is 91.1 Å². The summed E-state index contributed by atoms with van der Waals surface area (Å²) in [6.45, 7) is 4.51. The van der Waals surface area contributed by atoms with Gasteiger partial charge in [-0.1, -0.05) is 17.7 Å². The first-order valence-corrected chi connectivity index (χ1v) is 5.60. The van der Waals surface area contributed by atoms with Gasteiger partial charge in [-0.15, -0.1) is 0 Å². The minimum atomic E-state index is -0.787. The summed E-state index contributed by atoms with van der Waals surface area (Å²) in [5, 5.41) is 10.5. The van der Waals surface area contributed by atoms with E-state index >= 15 is 0 Å². The number of aryl methyl sites for hydroxylation is 2. The van der Waals surface area contributed by atoms with Crippen LogP contribution in [0, 0.1) is 13.8 Å². The number of hydrogen-bond acceptors (Lipinski definition) is 2. The lowest BCUT2D eigenvalue weighted by molar-refractivity contribution is 0.0278. The zero-order chi connectivity index (χ0) is 11.1. The van der Waals surface area contributed by atoms with Gasteiger partial charge in [-0.2, -0.15) is 0 Å². The Bertz CT molecular complexity index is 386. The molecule has 1 aliphatic carbocycles. The number of fused-ring (bicyclic) bond motifs is 1. The first-order valence-electron chi connectivity index (χ1n) is 5.60. The van der Waals surface area contributed by atoms with Crippen molar-refractivity contribution in [1.82, 2.24) is 0 Å². The van der Waals surface area contributed by atoms with Crippen LogP contribution in [0.2, 0.25) is 0 Å². The van der Waals surface area contributed by atoms with Gasteiger partial charge in [0.25, 0.3) is 0 Å². The van der Waals surface area contributed by atoms with E-state index in [1.807, 2.05) is 0 Å². The van der Waals surface area contributed by atoms with E-state index in [1.165, 1.54) is 16.7 Å². The molecule has 0 aromatic heterocycles. The fourth-order valence-corrected chi connectivity index (χ4v) is 2.65. The average molecular weight is 205 g/mol. The summed E-state index contributed by atoms with van der Waals surface area (Å²) in [6, 6.07) is 4.27. The minimum Gasteiger partial charge on any atom is -0.384 e. The van der Waals surface area contributed by atoms with Crippen molar-refractivity contribution in [3.63, 3.8) is 0 Å². The Hall–Kier alpha value is -0.860. The van der Waals surface area contributed by atoms with E-state index in [9.17, 15) is 5.11 Å². The Morgan fingerprint density at radius 1 is 1.40 bits per heavy atom. The fourth-order valence-electron chi connectivity index (χ4n) is 2.65. The van der Waals surface area contributed by atoms with Crippen LogP contribution in [0.3, 0.4) is 0 Å². The Balaban J connectivity index is 2.60. The van der Waals surface area contributed by atoms with E-state index in [4.69, 9.17) is 5.73 Å². The third kappa shape index (κ3) is 1.68. The quantitative estimate of drug-likeness (QED) is 0.734. The molecular weight excluding hydrogens is 186 g/mol. The lowest BCUT2D eigenvalue weighted by Crippen LogP contribution is -2.38. The van der Waals surface area contributed by atoms with Gasteiger partial charge in [-0.3, -0.25) is 0 Å². The number of hydrogen-bond donors (Lipinski definition) is 2. The molecule has 0 heterocycles. The van der Waals surface area contributed by atoms with Gasteiger partial charge in [0, 0.05) is 6.54 Å². The summed E-state index contributed by atoms with van der Waals surface area (Å²) in [7, 11) is 0. The highest BCUT2D eigenvalue weighted by Gasteiger charge is 2.33. The van der Waals surface area contributed by atoms with Crippen LogP contribution in [0.4, 0.5) is 0 Å². The molecule has 3 N–H and O–H groups in total. The second-order valence-electron chi connectivity index (χ2n) is 4.70. The van der Waals surface area contributed by atoms with E-state index in [1.54, 1.807) is 0 Å². The summed E-state index contributed by atoms with van der Waals surface area (Å²) in [4.78, 5) is 0. The van der Waals surface area contributed by atoms with Crippen LogP contribution in [0.5, 0.6) is 0 Å². The molecule has 0 saturated carbocycles. The standard InChI is InChI=1S/C13H19NO/c1-9-6-10(2)11-4-3-5-13(15,8-14)12(11)7-9/h6-7,15H,3-5,8,14H2,1-2H3. The maximum absolute atomic E-state index is 10.5. The Morgan fingerprint density at radius 3 is 2.80 bits per heavy atom. The maximum Gasteiger partial charge on any atom is 0.102 e. The largest absolute Gasteiger partial charge is 0.384 e. The van der Waals surface area contributed by atoms with Gasteiger partial charge in [0.2, 0.25) is 0 Å². The highest BCUT2D eigenvalue weighted by atomic mass is 16.3. The van der Waals surface area contributed by atoms with Crippen molar-refractivity contribution in [2.45, 2.75) is 38.7 Å². The predicted molar refractivity (Wildman–Crippen MR) is 61.8 cm³/mol. The van der Waals surface area contributed by atoms with Crippen molar-refractivity contribution in [2.24, 2.45) is 5.73 Å². The van der Waals surface area contributed by atoms with E-state index < -0.39 is 5.60 Å². The lowest BCUT2D eigenvalue weighted by atomic mass is 9.77. The van der Waals surface area contributed by atoms with Gasteiger partial charge < -0.3 is 10.8 Å². The molecule has 2 nitrogen and oxygen atoms in total. The highest BCUT2D eigenvalue weighted by Crippen LogP contribution is 2.36. The molecule has 1 atom stereocenters. The van der Waals surface area contributed by atoms with Gasteiger partial charge in [0.1, 0.15) is 5.60 Å². The smallest absolute Gasteiger partial charge is 0.102 e. The molecule has 15 heavy (non-hydrogen) atoms. The molecule has 0 radical (unpaired) electrons. The first-order chi connectivity index (χ1) is 7.07. The lowest BCUT2D eigenvalue weighted by Gasteiger charge is -2.34. The monoisotopic (exact) mass is 205 g/mol. The highest BCUT2D eigenvalue weighted by molar-refractivity contribution is 5.43. The van der Waals surface area contributed by atoms with E-state index in [2.05, 4.69) is 26.0 Å². The fraction of sp³-hybridized carbons (Fsp3) is 0.538. The summed E-state index contributed by atoms with van der Waals surface area (Å²) < 4.78 is 0. The van der Waals surface area contributed by atoms with Crippen molar-refractivity contribution in [3.8, 4) is 0 Å². The van der Waals surface area contributed by atoms with Crippen LogP contribution in [0.25, 0.3) is 0 Å². The minimum absolute atomic E-state index is 0.322. The van der Waals surface area contributed by atoms with Crippen molar-refractivity contribution in [3.05, 3.63) is 34.4 Å². The van der Waals surface area contributed by atoms with Crippen LogP contribution in [-0.4, -0.2) is 11.7 Å². The third-order valence-corrected chi connectivity index (χ3v) is 3.47. The van der Waals surface area contributed by atoms with E-state index in [-0.39, 0.29) is 0 Å². The SMILES string of the molecule is Cc1cc(C)c2c(c1)C(O)(CN)CCC2. The number of nitrogens with two attached hydrogens (primary N) is 1. The van der Waals surface area contributed by atoms with Crippen LogP contribution < -0.4 is 5.73 Å². The van der Waals surface area contributed by atoms with Gasteiger partial charge in [-0.05, 0) is 49.8 Å². The summed E-state index contributed by atoms with van der Waals surface area (Å²) in [5.41, 5.74) is 9.78. The topological polar surface area (TPSA) is 46.2 Å². The molecule has 0 bridgehead atoms. The van der Waals surface area contributed by atoms with Gasteiger partial charge in [-0.25, -0.2) is 0 Å².